The van der Waals surface area contributed by atoms with Crippen molar-refractivity contribution in [3.63, 3.8) is 0 Å². The van der Waals surface area contributed by atoms with Crippen LogP contribution >= 0.6 is 0 Å². The molecule has 0 saturated carbocycles. The van der Waals surface area contributed by atoms with Crippen molar-refractivity contribution in [2.24, 2.45) is 0 Å². The topological polar surface area (TPSA) is 55.1 Å². The Labute approximate surface area is 154 Å². The molecule has 3 heterocycles. The van der Waals surface area contributed by atoms with Gasteiger partial charge in [0.25, 0.3) is 0 Å². The summed E-state index contributed by atoms with van der Waals surface area (Å²) in [4.78, 5) is 8.35. The summed E-state index contributed by atoms with van der Waals surface area (Å²) in [6, 6.07) is 3.82. The number of halogens is 3. The van der Waals surface area contributed by atoms with Crippen LogP contribution in [0.1, 0.15) is 28.8 Å². The molecule has 3 aromatic heterocycles. The zero-order chi connectivity index (χ0) is 19.6. The average molecular weight is 373 g/mol. The van der Waals surface area contributed by atoms with E-state index < -0.39 is 12.6 Å². The molecule has 0 aliphatic carbocycles. The summed E-state index contributed by atoms with van der Waals surface area (Å²) in [6.07, 6.45) is 1.69. The van der Waals surface area contributed by atoms with Crippen molar-refractivity contribution in [1.82, 2.24) is 19.6 Å². The van der Waals surface area contributed by atoms with Gasteiger partial charge in [0.05, 0.1) is 23.8 Å². The van der Waals surface area contributed by atoms with E-state index in [0.29, 0.717) is 11.3 Å². The van der Waals surface area contributed by atoms with Gasteiger partial charge in [0.15, 0.2) is 0 Å². The summed E-state index contributed by atoms with van der Waals surface area (Å²) in [7, 11) is 0. The zero-order valence-electron chi connectivity index (χ0n) is 14.7. The van der Waals surface area contributed by atoms with E-state index in [1.807, 2.05) is 18.3 Å². The Hall–Kier alpha value is -3.16. The fraction of sp³-hybridized carbons (Fsp3) is 0.211. The number of anilines is 1. The van der Waals surface area contributed by atoms with Gasteiger partial charge >= 0.3 is 6.18 Å². The first-order valence-corrected chi connectivity index (χ1v) is 8.22. The lowest BCUT2D eigenvalue weighted by atomic mass is 10.00. The molecule has 8 heteroatoms. The van der Waals surface area contributed by atoms with Crippen LogP contribution in [0.15, 0.2) is 43.9 Å². The number of aromatic nitrogens is 4. The Balaban J connectivity index is 1.81. The van der Waals surface area contributed by atoms with Gasteiger partial charge in [0.2, 0.25) is 5.95 Å². The van der Waals surface area contributed by atoms with E-state index >= 15 is 0 Å². The summed E-state index contributed by atoms with van der Waals surface area (Å²) in [6.45, 7) is 9.39. The molecule has 140 valence electrons. The molecule has 0 aromatic carbocycles. The van der Waals surface area contributed by atoms with Crippen molar-refractivity contribution in [2.45, 2.75) is 19.5 Å². The summed E-state index contributed by atoms with van der Waals surface area (Å²) in [5.74, 6) is 0.161. The molecule has 0 aliphatic rings. The SMILES string of the molecule is C=Cc1cnn2ccc(C(=C)c3cnc(NCCC(F)(F)F)nc3C)cc12. The van der Waals surface area contributed by atoms with Crippen molar-refractivity contribution in [3.05, 3.63) is 66.3 Å². The van der Waals surface area contributed by atoms with Gasteiger partial charge < -0.3 is 5.32 Å². The van der Waals surface area contributed by atoms with Crippen molar-refractivity contribution in [1.29, 1.82) is 0 Å². The van der Waals surface area contributed by atoms with Crippen molar-refractivity contribution in [2.75, 3.05) is 11.9 Å². The van der Waals surface area contributed by atoms with E-state index in [-0.39, 0.29) is 12.5 Å². The van der Waals surface area contributed by atoms with Crippen LogP contribution in [0.3, 0.4) is 0 Å². The molecule has 0 aliphatic heterocycles. The number of alkyl halides is 3. The molecule has 0 unspecified atom stereocenters. The van der Waals surface area contributed by atoms with Crippen LogP contribution in [0.5, 0.6) is 0 Å². The van der Waals surface area contributed by atoms with Crippen molar-refractivity contribution < 1.29 is 13.2 Å². The lowest BCUT2D eigenvalue weighted by molar-refractivity contribution is -0.131. The lowest BCUT2D eigenvalue weighted by Gasteiger charge is -2.12. The molecule has 27 heavy (non-hydrogen) atoms. The second-order valence-electron chi connectivity index (χ2n) is 6.01. The zero-order valence-corrected chi connectivity index (χ0v) is 14.7. The van der Waals surface area contributed by atoms with Gasteiger partial charge in [0.1, 0.15) is 0 Å². The average Bonchev–Trinajstić information content (AvgIpc) is 3.02. The number of rotatable bonds is 6. The van der Waals surface area contributed by atoms with Crippen LogP contribution in [0.25, 0.3) is 17.2 Å². The highest BCUT2D eigenvalue weighted by Gasteiger charge is 2.26. The highest BCUT2D eigenvalue weighted by atomic mass is 19.4. The van der Waals surface area contributed by atoms with E-state index in [1.54, 1.807) is 29.9 Å². The standard InChI is InChI=1S/C19H18F3N5/c1-4-14-10-25-27-8-5-15(9-17(14)27)12(2)16-11-24-18(26-13(16)3)23-7-6-19(20,21)22/h4-5,8-11H,1-2,6-7H2,3H3,(H,23,24,26). The Morgan fingerprint density at radius 3 is 2.78 bits per heavy atom. The van der Waals surface area contributed by atoms with Crippen LogP contribution in [0.4, 0.5) is 19.1 Å². The van der Waals surface area contributed by atoms with E-state index in [0.717, 1.165) is 22.2 Å². The van der Waals surface area contributed by atoms with Crippen LogP contribution in [0.2, 0.25) is 0 Å². The summed E-state index contributed by atoms with van der Waals surface area (Å²) in [5.41, 5.74) is 4.74. The Morgan fingerprint density at radius 2 is 2.11 bits per heavy atom. The quantitative estimate of drug-likeness (QED) is 0.691. The number of pyridine rings is 1. The molecule has 3 aromatic rings. The van der Waals surface area contributed by atoms with Gasteiger partial charge in [-0.1, -0.05) is 19.2 Å². The molecule has 0 spiro atoms. The maximum Gasteiger partial charge on any atom is 0.390 e. The van der Waals surface area contributed by atoms with Gasteiger partial charge in [-0.05, 0) is 30.2 Å². The third-order valence-corrected chi connectivity index (χ3v) is 4.12. The third-order valence-electron chi connectivity index (χ3n) is 4.12. The van der Waals surface area contributed by atoms with E-state index in [4.69, 9.17) is 0 Å². The molecule has 0 saturated heterocycles. The molecule has 0 amide bonds. The molecular weight excluding hydrogens is 355 g/mol. The number of aryl methyl sites for hydroxylation is 1. The van der Waals surface area contributed by atoms with Crippen molar-refractivity contribution in [3.8, 4) is 0 Å². The second kappa shape index (κ2) is 7.22. The van der Waals surface area contributed by atoms with Gasteiger partial charge in [-0.2, -0.15) is 18.3 Å². The predicted molar refractivity (Wildman–Crippen MR) is 99.3 cm³/mol. The minimum absolute atomic E-state index is 0.161. The Morgan fingerprint density at radius 1 is 1.33 bits per heavy atom. The number of hydrogen-bond acceptors (Lipinski definition) is 4. The van der Waals surface area contributed by atoms with Crippen LogP contribution in [-0.4, -0.2) is 32.3 Å². The maximum absolute atomic E-state index is 12.2. The number of nitrogens with zero attached hydrogens (tertiary/aromatic N) is 4. The summed E-state index contributed by atoms with van der Waals surface area (Å²) in [5, 5.41) is 6.83. The van der Waals surface area contributed by atoms with Crippen LogP contribution in [0, 0.1) is 6.92 Å². The smallest absolute Gasteiger partial charge is 0.354 e. The Kier molecular flexibility index (Phi) is 4.98. The normalized spacial score (nSPS) is 11.6. The molecule has 0 radical (unpaired) electrons. The molecule has 3 rings (SSSR count). The van der Waals surface area contributed by atoms with Crippen LogP contribution < -0.4 is 5.32 Å². The second-order valence-corrected chi connectivity index (χ2v) is 6.01. The maximum atomic E-state index is 12.2. The van der Waals surface area contributed by atoms with Crippen molar-refractivity contribution >= 4 is 23.1 Å². The van der Waals surface area contributed by atoms with Gasteiger partial charge in [0, 0.05) is 30.1 Å². The largest absolute Gasteiger partial charge is 0.390 e. The summed E-state index contributed by atoms with van der Waals surface area (Å²) < 4.78 is 38.4. The molecule has 1 N–H and O–H groups in total. The highest BCUT2D eigenvalue weighted by molar-refractivity contribution is 5.82. The minimum atomic E-state index is -4.22. The number of hydrogen-bond donors (Lipinski definition) is 1. The highest BCUT2D eigenvalue weighted by Crippen LogP contribution is 2.26. The van der Waals surface area contributed by atoms with Gasteiger partial charge in [-0.25, -0.2) is 14.5 Å². The molecule has 0 fully saturated rings. The van der Waals surface area contributed by atoms with Gasteiger partial charge in [-0.15, -0.1) is 0 Å². The number of nitrogens with one attached hydrogen (secondary N) is 1. The summed E-state index contributed by atoms with van der Waals surface area (Å²) >= 11 is 0. The first kappa shape index (κ1) is 18.6. The number of fused-ring (bicyclic) bond motifs is 1. The minimum Gasteiger partial charge on any atom is -0.354 e. The monoisotopic (exact) mass is 373 g/mol. The van der Waals surface area contributed by atoms with E-state index in [9.17, 15) is 13.2 Å². The molecule has 0 bridgehead atoms. The van der Waals surface area contributed by atoms with Crippen LogP contribution in [-0.2, 0) is 0 Å². The Bertz CT molecular complexity index is 1000. The fourth-order valence-corrected chi connectivity index (χ4v) is 2.66. The van der Waals surface area contributed by atoms with Gasteiger partial charge in [-0.3, -0.25) is 0 Å². The first-order chi connectivity index (χ1) is 12.8. The predicted octanol–water partition coefficient (Wildman–Crippen LogP) is 4.50. The molecular formula is C19H18F3N5. The first-order valence-electron chi connectivity index (χ1n) is 8.22. The van der Waals surface area contributed by atoms with E-state index in [1.165, 1.54) is 0 Å². The lowest BCUT2D eigenvalue weighted by Crippen LogP contribution is -2.16. The fourth-order valence-electron chi connectivity index (χ4n) is 2.66. The molecule has 0 atom stereocenters. The molecule has 5 nitrogen and oxygen atoms in total. The third kappa shape index (κ3) is 4.16. The van der Waals surface area contributed by atoms with E-state index in [2.05, 4.69) is 33.5 Å².